The summed E-state index contributed by atoms with van der Waals surface area (Å²) in [7, 11) is 1.00. The van der Waals surface area contributed by atoms with E-state index in [-0.39, 0.29) is 5.82 Å². The normalized spacial score (nSPS) is 10.2. The Morgan fingerprint density at radius 1 is 0.778 bits per heavy atom. The Morgan fingerprint density at radius 2 is 1.31 bits per heavy atom. The number of nitrogens with one attached hydrogen (secondary N) is 1. The van der Waals surface area contributed by atoms with Gasteiger partial charge in [-0.25, -0.2) is 4.39 Å². The molecule has 0 saturated carbocycles. The Labute approximate surface area is 268 Å². The number of hydrogen-bond donors (Lipinski definition) is 2. The quantitative estimate of drug-likeness (QED) is 0.0795. The van der Waals surface area contributed by atoms with E-state index in [1.165, 1.54) is 23.3 Å². The molecule has 0 atom stereocenters. The fourth-order valence-corrected chi connectivity index (χ4v) is 4.60. The second-order valence-corrected chi connectivity index (χ2v) is 10.4. The predicted octanol–water partition coefficient (Wildman–Crippen LogP) is 6.63. The molecule has 4 rings (SSSR count). The van der Waals surface area contributed by atoms with E-state index in [4.69, 9.17) is 9.84 Å². The molecular weight excluding hydrogens is 565 g/mol. The molecule has 0 unspecified atom stereocenters. The van der Waals surface area contributed by atoms with E-state index in [1.54, 1.807) is 12.1 Å². The van der Waals surface area contributed by atoms with Crippen molar-refractivity contribution in [3.63, 3.8) is 0 Å². The van der Waals surface area contributed by atoms with Crippen LogP contribution in [0.5, 0.6) is 5.75 Å². The fraction of sp³-hybridized carbons (Fsp3) is 0.289. The molecule has 7 heteroatoms. The number of aliphatic hydroxyl groups excluding tert-OH is 1. The highest BCUT2D eigenvalue weighted by atomic mass is 19.1. The van der Waals surface area contributed by atoms with Gasteiger partial charge in [-0.1, -0.05) is 104 Å². The summed E-state index contributed by atoms with van der Waals surface area (Å²) in [4.78, 5) is 15.7. The zero-order valence-corrected chi connectivity index (χ0v) is 26.7. The van der Waals surface area contributed by atoms with E-state index in [0.29, 0.717) is 18.9 Å². The van der Waals surface area contributed by atoms with Gasteiger partial charge < -0.3 is 20.1 Å². The summed E-state index contributed by atoms with van der Waals surface area (Å²) in [5.41, 5.74) is 4.70. The number of benzene rings is 4. The lowest BCUT2D eigenvalue weighted by molar-refractivity contribution is -0.118. The number of aryl methyl sites for hydroxylation is 1. The van der Waals surface area contributed by atoms with Gasteiger partial charge in [0.25, 0.3) is 0 Å². The number of nitrogens with zero attached hydrogens (tertiary/aromatic N) is 2. The molecule has 6 nitrogen and oxygen atoms in total. The zero-order valence-electron chi connectivity index (χ0n) is 26.7. The Morgan fingerprint density at radius 3 is 1.80 bits per heavy atom. The number of ether oxygens (including phenoxy) is 1. The molecule has 0 fully saturated rings. The topological polar surface area (TPSA) is 65.0 Å². The van der Waals surface area contributed by atoms with Crippen molar-refractivity contribution >= 4 is 6.41 Å². The highest BCUT2D eigenvalue weighted by Gasteiger charge is 2.08. The van der Waals surface area contributed by atoms with Crippen molar-refractivity contribution in [3.05, 3.63) is 150 Å². The molecule has 0 aromatic heterocycles. The van der Waals surface area contributed by atoms with Crippen molar-refractivity contribution in [2.24, 2.45) is 0 Å². The van der Waals surface area contributed by atoms with Crippen LogP contribution in [0.3, 0.4) is 0 Å². The summed E-state index contributed by atoms with van der Waals surface area (Å²) in [6, 6.07) is 36.0. The molecule has 0 aliphatic carbocycles. The molecule has 2 N–H and O–H groups in total. The first-order chi connectivity index (χ1) is 22.1. The average Bonchev–Trinajstić information content (AvgIpc) is 3.07. The number of amides is 1. The molecule has 240 valence electrons. The Bertz CT molecular complexity index is 1260. The first kappa shape index (κ1) is 36.9. The molecule has 45 heavy (non-hydrogen) atoms. The van der Waals surface area contributed by atoms with Gasteiger partial charge in [-0.2, -0.15) is 0 Å². The third-order valence-corrected chi connectivity index (χ3v) is 6.66. The molecular formula is C38H48FN3O3. The average molecular weight is 614 g/mol. The molecule has 0 aliphatic heterocycles. The van der Waals surface area contributed by atoms with Gasteiger partial charge >= 0.3 is 0 Å². The maximum atomic E-state index is 12.7. The van der Waals surface area contributed by atoms with Crippen LogP contribution in [0.15, 0.2) is 122 Å². The van der Waals surface area contributed by atoms with Crippen LogP contribution in [0.1, 0.15) is 28.7 Å². The van der Waals surface area contributed by atoms with Crippen LogP contribution in [0.2, 0.25) is 0 Å². The van der Waals surface area contributed by atoms with E-state index >= 15 is 0 Å². The minimum absolute atomic E-state index is 0.269. The predicted molar refractivity (Wildman–Crippen MR) is 182 cm³/mol. The van der Waals surface area contributed by atoms with E-state index in [2.05, 4.69) is 89.6 Å². The fourth-order valence-electron chi connectivity index (χ4n) is 4.60. The Kier molecular flexibility index (Phi) is 19.0. The molecule has 0 radical (unpaired) electrons. The minimum Gasteiger partial charge on any atom is -0.489 e. The van der Waals surface area contributed by atoms with Crippen molar-refractivity contribution < 1.29 is 19.0 Å². The summed E-state index contributed by atoms with van der Waals surface area (Å²) in [5, 5.41) is 10.5. The van der Waals surface area contributed by atoms with Gasteiger partial charge in [0.1, 0.15) is 18.2 Å². The van der Waals surface area contributed by atoms with Gasteiger partial charge in [-0.3, -0.25) is 9.69 Å². The van der Waals surface area contributed by atoms with Gasteiger partial charge in [-0.05, 0) is 54.3 Å². The summed E-state index contributed by atoms with van der Waals surface area (Å²) in [6.07, 6.45) is 3.63. The molecule has 0 bridgehead atoms. The van der Waals surface area contributed by atoms with Gasteiger partial charge in [0.05, 0.1) is 0 Å². The van der Waals surface area contributed by atoms with Crippen LogP contribution in [0.4, 0.5) is 4.39 Å². The Hall–Kier alpha value is -4.30. The van der Waals surface area contributed by atoms with Crippen LogP contribution in [-0.4, -0.2) is 61.2 Å². The summed E-state index contributed by atoms with van der Waals surface area (Å²) in [6.45, 7) is 11.8. The van der Waals surface area contributed by atoms with Crippen LogP contribution in [0.25, 0.3) is 0 Å². The van der Waals surface area contributed by atoms with Crippen molar-refractivity contribution in [3.8, 4) is 5.75 Å². The van der Waals surface area contributed by atoms with Crippen molar-refractivity contribution in [1.29, 1.82) is 0 Å². The number of aliphatic hydroxyl groups is 1. The van der Waals surface area contributed by atoms with Crippen molar-refractivity contribution in [2.75, 3.05) is 39.9 Å². The molecule has 1 amide bonds. The standard InChI is InChI=1S/C27H33N3O.C10H11FO.CH4O/c31-24-30(23-27-15-8-3-9-16-27)20-18-28-17-10-19-29(21-25-11-4-1-5-12-25)22-26-13-6-2-7-14-26;1-3-4-12-10-6-8(2)5-9(11)7-10;1-2/h1-9,11-16,24,28H,10,17-23H2;3,5-7H,1,4H2,2H3;2H,1H3. The van der Waals surface area contributed by atoms with Crippen LogP contribution in [0, 0.1) is 12.7 Å². The molecule has 0 aliphatic rings. The van der Waals surface area contributed by atoms with Gasteiger partial charge in [0.15, 0.2) is 0 Å². The number of halogens is 1. The molecule has 0 heterocycles. The lowest BCUT2D eigenvalue weighted by Gasteiger charge is -2.23. The number of carbonyl (C=O) groups is 1. The van der Waals surface area contributed by atoms with Gasteiger partial charge in [-0.15, -0.1) is 0 Å². The number of hydrogen-bond acceptors (Lipinski definition) is 5. The summed E-state index contributed by atoms with van der Waals surface area (Å²) < 4.78 is 17.9. The lowest BCUT2D eigenvalue weighted by atomic mass is 10.1. The highest BCUT2D eigenvalue weighted by molar-refractivity contribution is 5.47. The highest BCUT2D eigenvalue weighted by Crippen LogP contribution is 2.15. The third kappa shape index (κ3) is 16.4. The smallest absolute Gasteiger partial charge is 0.210 e. The number of carbonyl (C=O) groups excluding carboxylic acids is 1. The third-order valence-electron chi connectivity index (χ3n) is 6.66. The first-order valence-corrected chi connectivity index (χ1v) is 15.3. The molecule has 4 aromatic carbocycles. The zero-order chi connectivity index (χ0) is 32.5. The van der Waals surface area contributed by atoms with Crippen LogP contribution >= 0.6 is 0 Å². The van der Waals surface area contributed by atoms with Crippen LogP contribution in [-0.2, 0) is 24.4 Å². The number of rotatable bonds is 17. The summed E-state index contributed by atoms with van der Waals surface area (Å²) >= 11 is 0. The molecule has 0 spiro atoms. The maximum absolute atomic E-state index is 12.7. The molecule has 0 saturated heterocycles. The van der Waals surface area contributed by atoms with Gasteiger partial charge in [0, 0.05) is 52.4 Å². The SMILES string of the molecule is C=CCOc1cc(C)cc(F)c1.CO.O=CN(CCNCCCN(Cc1ccccc1)Cc1ccccc1)Cc1ccccc1. The second-order valence-electron chi connectivity index (χ2n) is 10.4. The first-order valence-electron chi connectivity index (χ1n) is 15.3. The minimum atomic E-state index is -0.269. The maximum Gasteiger partial charge on any atom is 0.210 e. The van der Waals surface area contributed by atoms with E-state index < -0.39 is 0 Å². The second kappa shape index (κ2) is 23.1. The monoisotopic (exact) mass is 613 g/mol. The Balaban J connectivity index is 0.000000421. The largest absolute Gasteiger partial charge is 0.489 e. The summed E-state index contributed by atoms with van der Waals surface area (Å²) in [5.74, 6) is 0.279. The van der Waals surface area contributed by atoms with E-state index in [9.17, 15) is 9.18 Å². The van der Waals surface area contributed by atoms with E-state index in [0.717, 1.165) is 70.3 Å². The van der Waals surface area contributed by atoms with E-state index in [1.807, 2.05) is 30.0 Å². The van der Waals surface area contributed by atoms with Crippen LogP contribution < -0.4 is 10.1 Å². The lowest BCUT2D eigenvalue weighted by Crippen LogP contribution is -2.32. The van der Waals surface area contributed by atoms with Crippen molar-refractivity contribution in [1.82, 2.24) is 15.1 Å². The molecule has 4 aromatic rings. The van der Waals surface area contributed by atoms with Crippen molar-refractivity contribution in [2.45, 2.75) is 33.0 Å². The van der Waals surface area contributed by atoms with Gasteiger partial charge in [0.2, 0.25) is 6.41 Å².